The van der Waals surface area contributed by atoms with Crippen molar-refractivity contribution in [2.45, 2.75) is 6.92 Å². The number of aryl methyl sites for hydroxylation is 1. The number of nitrogens with one attached hydrogen (secondary N) is 2. The Morgan fingerprint density at radius 2 is 2.16 bits per heavy atom. The number of amides is 2. The molecule has 1 aromatic carbocycles. The Morgan fingerprint density at radius 3 is 2.92 bits per heavy atom. The molecule has 25 heavy (non-hydrogen) atoms. The molecule has 0 fully saturated rings. The molecule has 1 aliphatic heterocycles. The lowest BCUT2D eigenvalue weighted by atomic mass is 10.2. The summed E-state index contributed by atoms with van der Waals surface area (Å²) in [6.45, 7) is 1.41. The molecule has 0 aliphatic carbocycles. The minimum absolute atomic E-state index is 0.0415. The van der Waals surface area contributed by atoms with E-state index in [4.69, 9.17) is 9.47 Å². The van der Waals surface area contributed by atoms with Crippen LogP contribution in [0.4, 0.5) is 11.4 Å². The molecule has 2 amide bonds. The number of hydrogen-bond donors (Lipinski definition) is 2. The number of benzene rings is 1. The van der Waals surface area contributed by atoms with Crippen molar-refractivity contribution in [3.63, 3.8) is 0 Å². The zero-order valence-electron chi connectivity index (χ0n) is 13.8. The lowest BCUT2D eigenvalue weighted by Gasteiger charge is -2.26. The van der Waals surface area contributed by atoms with Gasteiger partial charge in [-0.2, -0.15) is 0 Å². The van der Waals surface area contributed by atoms with Gasteiger partial charge < -0.3 is 24.7 Å². The second kappa shape index (κ2) is 6.68. The number of H-pyrrole nitrogens is 1. The summed E-state index contributed by atoms with van der Waals surface area (Å²) < 4.78 is 10.6. The third kappa shape index (κ3) is 3.63. The highest BCUT2D eigenvalue weighted by Gasteiger charge is 2.22. The predicted molar refractivity (Wildman–Crippen MR) is 91.3 cm³/mol. The highest BCUT2D eigenvalue weighted by Crippen LogP contribution is 2.33. The Bertz CT molecular complexity index is 890. The summed E-state index contributed by atoms with van der Waals surface area (Å²) >= 11 is 0. The molecule has 0 saturated carbocycles. The number of ether oxygens (including phenoxy) is 2. The van der Waals surface area contributed by atoms with Crippen LogP contribution in [-0.2, 0) is 9.59 Å². The predicted octanol–water partition coefficient (Wildman–Crippen LogP) is 1.06. The maximum Gasteiger partial charge on any atom is 0.264 e. The molecule has 0 atom stereocenters. The van der Waals surface area contributed by atoms with Crippen LogP contribution >= 0.6 is 0 Å². The van der Waals surface area contributed by atoms with Gasteiger partial charge in [-0.3, -0.25) is 14.4 Å². The van der Waals surface area contributed by atoms with E-state index in [9.17, 15) is 14.4 Å². The van der Waals surface area contributed by atoms with E-state index in [0.29, 0.717) is 22.8 Å². The summed E-state index contributed by atoms with van der Waals surface area (Å²) in [6.07, 6.45) is 1.42. The van der Waals surface area contributed by atoms with Crippen molar-refractivity contribution in [3.05, 3.63) is 46.4 Å². The number of aromatic amines is 1. The Balaban J connectivity index is 1.63. The number of aromatic nitrogens is 1. The number of anilines is 2. The van der Waals surface area contributed by atoms with Crippen LogP contribution in [0.15, 0.2) is 35.3 Å². The van der Waals surface area contributed by atoms with E-state index in [2.05, 4.69) is 10.3 Å². The fourth-order valence-corrected chi connectivity index (χ4v) is 2.37. The molecule has 8 heteroatoms. The van der Waals surface area contributed by atoms with Gasteiger partial charge in [0, 0.05) is 36.8 Å². The molecule has 2 N–H and O–H groups in total. The average molecular weight is 343 g/mol. The van der Waals surface area contributed by atoms with Gasteiger partial charge in [0.05, 0.1) is 5.69 Å². The monoisotopic (exact) mass is 343 g/mol. The maximum atomic E-state index is 12.0. The molecule has 0 spiro atoms. The maximum absolute atomic E-state index is 12.0. The molecule has 0 unspecified atom stereocenters. The minimum atomic E-state index is -0.417. The number of carbonyl (C=O) groups is 2. The van der Waals surface area contributed by atoms with Crippen LogP contribution in [0.5, 0.6) is 11.5 Å². The number of pyridine rings is 1. The van der Waals surface area contributed by atoms with Crippen LogP contribution in [-0.4, -0.2) is 37.1 Å². The van der Waals surface area contributed by atoms with Gasteiger partial charge in [-0.05, 0) is 19.1 Å². The first-order valence-corrected chi connectivity index (χ1v) is 7.59. The van der Waals surface area contributed by atoms with E-state index in [1.165, 1.54) is 17.2 Å². The van der Waals surface area contributed by atoms with Gasteiger partial charge in [-0.1, -0.05) is 0 Å². The quantitative estimate of drug-likeness (QED) is 0.864. The summed E-state index contributed by atoms with van der Waals surface area (Å²) in [5.41, 5.74) is 1.56. The fourth-order valence-electron chi connectivity index (χ4n) is 2.37. The lowest BCUT2D eigenvalue weighted by molar-refractivity contribution is -0.121. The van der Waals surface area contributed by atoms with E-state index in [-0.39, 0.29) is 30.3 Å². The first-order valence-electron chi connectivity index (χ1n) is 7.59. The molecule has 2 heterocycles. The van der Waals surface area contributed by atoms with Crippen molar-refractivity contribution >= 4 is 23.2 Å². The number of likely N-dealkylation sites (N-methyl/N-ethyl adjacent to an activating group) is 1. The molecule has 0 bridgehead atoms. The zero-order valence-corrected chi connectivity index (χ0v) is 13.8. The van der Waals surface area contributed by atoms with Crippen LogP contribution in [0.2, 0.25) is 0 Å². The lowest BCUT2D eigenvalue weighted by Crippen LogP contribution is -2.35. The van der Waals surface area contributed by atoms with Gasteiger partial charge in [0.2, 0.25) is 5.43 Å². The second-order valence-corrected chi connectivity index (χ2v) is 5.61. The summed E-state index contributed by atoms with van der Waals surface area (Å²) in [4.78, 5) is 39.6. The normalized spacial score (nSPS) is 13.0. The molecular weight excluding hydrogens is 326 g/mol. The van der Waals surface area contributed by atoms with E-state index in [1.54, 1.807) is 32.2 Å². The zero-order chi connectivity index (χ0) is 18.0. The van der Waals surface area contributed by atoms with Crippen LogP contribution in [0, 0.1) is 6.92 Å². The molecule has 1 aromatic heterocycles. The summed E-state index contributed by atoms with van der Waals surface area (Å²) in [5.74, 6) is 0.0339. The van der Waals surface area contributed by atoms with Gasteiger partial charge in [0.1, 0.15) is 5.75 Å². The third-order valence-corrected chi connectivity index (χ3v) is 3.71. The number of hydrogen-bond acceptors (Lipinski definition) is 5. The van der Waals surface area contributed by atoms with Gasteiger partial charge in [-0.15, -0.1) is 0 Å². The highest BCUT2D eigenvalue weighted by molar-refractivity contribution is 5.98. The fraction of sp³-hybridized carbons (Fsp3) is 0.235. The summed E-state index contributed by atoms with van der Waals surface area (Å²) in [5, 5.41) is 2.66. The average Bonchev–Trinajstić information content (AvgIpc) is 2.57. The Hall–Kier alpha value is -3.29. The van der Waals surface area contributed by atoms with Crippen molar-refractivity contribution in [1.82, 2.24) is 4.98 Å². The number of nitrogens with zero attached hydrogens (tertiary/aromatic N) is 1. The summed E-state index contributed by atoms with van der Waals surface area (Å²) in [7, 11) is 1.66. The van der Waals surface area contributed by atoms with Gasteiger partial charge in [0.15, 0.2) is 19.0 Å². The first-order chi connectivity index (χ1) is 11.9. The molecule has 8 nitrogen and oxygen atoms in total. The second-order valence-electron chi connectivity index (χ2n) is 5.61. The summed E-state index contributed by atoms with van der Waals surface area (Å²) in [6, 6.07) is 6.38. The van der Waals surface area contributed by atoms with Gasteiger partial charge >= 0.3 is 0 Å². The molecule has 2 aromatic rings. The first kappa shape index (κ1) is 16.6. The largest absolute Gasteiger partial charge is 0.481 e. The molecule has 0 saturated heterocycles. The van der Waals surface area contributed by atoms with Crippen molar-refractivity contribution in [1.29, 1.82) is 0 Å². The smallest absolute Gasteiger partial charge is 0.264 e. The molecule has 3 rings (SSSR count). The third-order valence-electron chi connectivity index (χ3n) is 3.71. The number of carbonyl (C=O) groups excluding carboxylic acids is 2. The van der Waals surface area contributed by atoms with Crippen LogP contribution in [0.1, 0.15) is 5.69 Å². The Kier molecular flexibility index (Phi) is 4.42. The standard InChI is InChI=1S/C17H17N3O5/c1-10-5-13(21)15(7-18-10)24-8-16(22)19-11-3-4-12-14(6-11)25-9-17(23)20(12)2/h3-7H,8-9H2,1-2H3,(H,18,21)(H,19,22). The molecule has 1 aliphatic rings. The number of fused-ring (bicyclic) bond motifs is 1. The van der Waals surface area contributed by atoms with Crippen molar-refractivity contribution in [2.75, 3.05) is 30.5 Å². The van der Waals surface area contributed by atoms with E-state index in [1.807, 2.05) is 0 Å². The molecule has 130 valence electrons. The Morgan fingerprint density at radius 1 is 1.36 bits per heavy atom. The van der Waals surface area contributed by atoms with Crippen molar-refractivity contribution < 1.29 is 19.1 Å². The van der Waals surface area contributed by atoms with E-state index >= 15 is 0 Å². The van der Waals surface area contributed by atoms with Crippen LogP contribution in [0.3, 0.4) is 0 Å². The Labute approximate surface area is 143 Å². The van der Waals surface area contributed by atoms with Crippen LogP contribution in [0.25, 0.3) is 0 Å². The van der Waals surface area contributed by atoms with Crippen molar-refractivity contribution in [3.8, 4) is 11.5 Å². The van der Waals surface area contributed by atoms with E-state index < -0.39 is 5.91 Å². The molecule has 0 radical (unpaired) electrons. The number of rotatable bonds is 4. The van der Waals surface area contributed by atoms with Gasteiger partial charge in [0.25, 0.3) is 11.8 Å². The topological polar surface area (TPSA) is 101 Å². The SMILES string of the molecule is Cc1cc(=O)c(OCC(=O)Nc2ccc3c(c2)OCC(=O)N3C)c[nH]1. The van der Waals surface area contributed by atoms with Crippen LogP contribution < -0.4 is 25.1 Å². The minimum Gasteiger partial charge on any atom is -0.481 e. The van der Waals surface area contributed by atoms with Crippen molar-refractivity contribution in [2.24, 2.45) is 0 Å². The van der Waals surface area contributed by atoms with Gasteiger partial charge in [-0.25, -0.2) is 0 Å². The highest BCUT2D eigenvalue weighted by atomic mass is 16.5. The van der Waals surface area contributed by atoms with E-state index in [0.717, 1.165) is 0 Å². The molecular formula is C17H17N3O5.